The van der Waals surface area contributed by atoms with Crippen LogP contribution in [0.2, 0.25) is 0 Å². The molecule has 1 heteroatoms. The first kappa shape index (κ1) is 12.0. The van der Waals surface area contributed by atoms with Gasteiger partial charge in [-0.25, -0.2) is 0 Å². The normalized spacial score (nSPS) is 15.4. The molecule has 13 heavy (non-hydrogen) atoms. The summed E-state index contributed by atoms with van der Waals surface area (Å²) >= 11 is 0. The van der Waals surface area contributed by atoms with Crippen LogP contribution in [0.4, 0.5) is 0 Å². The van der Waals surface area contributed by atoms with E-state index in [0.29, 0.717) is 5.92 Å². The standard InChI is InChI=1S/C10H15N.C2H6/c1-7(2)10-6-8(3)5-9(4)11-10;1-2/h5-7,11H,4H2,1-3H3;1-2H3. The molecule has 1 nitrogen and oxygen atoms in total. The van der Waals surface area contributed by atoms with Crippen LogP contribution < -0.4 is 5.32 Å². The van der Waals surface area contributed by atoms with Crippen LogP contribution >= 0.6 is 0 Å². The van der Waals surface area contributed by atoms with Gasteiger partial charge in [0.15, 0.2) is 0 Å². The molecule has 0 amide bonds. The van der Waals surface area contributed by atoms with Crippen molar-refractivity contribution in [2.75, 3.05) is 0 Å². The number of rotatable bonds is 1. The average Bonchev–Trinajstić information content (AvgIpc) is 2.06. The molecule has 1 aliphatic heterocycles. The summed E-state index contributed by atoms with van der Waals surface area (Å²) in [6.07, 6.45) is 4.21. The van der Waals surface area contributed by atoms with Gasteiger partial charge in [-0.1, -0.05) is 34.3 Å². The van der Waals surface area contributed by atoms with Gasteiger partial charge in [0, 0.05) is 11.4 Å². The average molecular weight is 179 g/mol. The summed E-state index contributed by atoms with van der Waals surface area (Å²) < 4.78 is 0. The second kappa shape index (κ2) is 5.63. The Balaban J connectivity index is 0.000000671. The van der Waals surface area contributed by atoms with Gasteiger partial charge >= 0.3 is 0 Å². The maximum atomic E-state index is 3.87. The maximum Gasteiger partial charge on any atom is 0.0311 e. The highest BCUT2D eigenvalue weighted by Gasteiger charge is 2.07. The van der Waals surface area contributed by atoms with Gasteiger partial charge in [-0.15, -0.1) is 0 Å². The van der Waals surface area contributed by atoms with Gasteiger partial charge in [0.05, 0.1) is 0 Å². The molecule has 0 aromatic heterocycles. The molecule has 0 radical (unpaired) electrons. The Labute approximate surface area is 82.2 Å². The third-order valence-corrected chi connectivity index (χ3v) is 1.71. The molecule has 1 N–H and O–H groups in total. The van der Waals surface area contributed by atoms with Gasteiger partial charge in [0.25, 0.3) is 0 Å². The third kappa shape index (κ3) is 3.97. The van der Waals surface area contributed by atoms with Crippen LogP contribution in [0.5, 0.6) is 0 Å². The minimum absolute atomic E-state index is 0.551. The summed E-state index contributed by atoms with van der Waals surface area (Å²) in [5, 5.41) is 3.24. The Hall–Kier alpha value is -0.980. The molecule has 1 heterocycles. The first-order valence-corrected chi connectivity index (χ1v) is 4.95. The molecule has 0 bridgehead atoms. The van der Waals surface area contributed by atoms with E-state index < -0.39 is 0 Å². The summed E-state index contributed by atoms with van der Waals surface area (Å²) in [6, 6.07) is 0. The molecule has 0 unspecified atom stereocenters. The Bertz CT molecular complexity index is 232. The van der Waals surface area contributed by atoms with Crippen LogP contribution in [0.15, 0.2) is 35.7 Å². The molecule has 1 aliphatic rings. The molecular weight excluding hydrogens is 158 g/mol. The van der Waals surface area contributed by atoms with E-state index in [-0.39, 0.29) is 0 Å². The summed E-state index contributed by atoms with van der Waals surface area (Å²) in [7, 11) is 0. The summed E-state index contributed by atoms with van der Waals surface area (Å²) in [5.74, 6) is 0.551. The van der Waals surface area contributed by atoms with Crippen molar-refractivity contribution in [2.45, 2.75) is 34.6 Å². The van der Waals surface area contributed by atoms with E-state index in [0.717, 1.165) is 5.70 Å². The molecular formula is C12H21N. The lowest BCUT2D eigenvalue weighted by atomic mass is 10.0. The van der Waals surface area contributed by atoms with Crippen molar-refractivity contribution in [1.82, 2.24) is 5.32 Å². The van der Waals surface area contributed by atoms with E-state index in [1.54, 1.807) is 0 Å². The SMILES string of the molecule is C=C1C=C(C)C=C(C(C)C)N1.CC. The summed E-state index contributed by atoms with van der Waals surface area (Å²) in [4.78, 5) is 0. The number of allylic oxidation sites excluding steroid dienone is 4. The highest BCUT2D eigenvalue weighted by atomic mass is 14.9. The zero-order chi connectivity index (χ0) is 10.4. The van der Waals surface area contributed by atoms with Crippen molar-refractivity contribution in [3.05, 3.63) is 35.7 Å². The van der Waals surface area contributed by atoms with E-state index in [1.807, 2.05) is 19.9 Å². The maximum absolute atomic E-state index is 3.87. The lowest BCUT2D eigenvalue weighted by Crippen LogP contribution is -2.18. The van der Waals surface area contributed by atoms with Crippen LogP contribution in [-0.2, 0) is 0 Å². The Morgan fingerprint density at radius 3 is 2.15 bits per heavy atom. The number of dihydropyridines is 1. The Kier molecular flexibility index (Phi) is 5.20. The van der Waals surface area contributed by atoms with E-state index in [1.165, 1.54) is 11.3 Å². The number of hydrogen-bond acceptors (Lipinski definition) is 1. The van der Waals surface area contributed by atoms with E-state index >= 15 is 0 Å². The predicted octanol–water partition coefficient (Wildman–Crippen LogP) is 3.62. The molecule has 0 aromatic rings. The van der Waals surface area contributed by atoms with Gasteiger partial charge in [-0.2, -0.15) is 0 Å². The molecule has 0 saturated heterocycles. The van der Waals surface area contributed by atoms with Crippen molar-refractivity contribution < 1.29 is 0 Å². The second-order valence-corrected chi connectivity index (χ2v) is 3.29. The fourth-order valence-corrected chi connectivity index (χ4v) is 1.13. The van der Waals surface area contributed by atoms with Gasteiger partial charge in [0.1, 0.15) is 0 Å². The van der Waals surface area contributed by atoms with Crippen LogP contribution in [0.1, 0.15) is 34.6 Å². The highest BCUT2D eigenvalue weighted by molar-refractivity contribution is 5.36. The lowest BCUT2D eigenvalue weighted by molar-refractivity contribution is 0.699. The lowest BCUT2D eigenvalue weighted by Gasteiger charge is -2.18. The first-order chi connectivity index (χ1) is 6.09. The van der Waals surface area contributed by atoms with Crippen molar-refractivity contribution in [3.8, 4) is 0 Å². The predicted molar refractivity (Wildman–Crippen MR) is 60.3 cm³/mol. The van der Waals surface area contributed by atoms with Gasteiger partial charge in [-0.3, -0.25) is 0 Å². The van der Waals surface area contributed by atoms with Crippen molar-refractivity contribution in [1.29, 1.82) is 0 Å². The fraction of sp³-hybridized carbons (Fsp3) is 0.500. The zero-order valence-electron chi connectivity index (χ0n) is 9.44. The Morgan fingerprint density at radius 2 is 1.77 bits per heavy atom. The fourth-order valence-electron chi connectivity index (χ4n) is 1.13. The Morgan fingerprint density at radius 1 is 1.23 bits per heavy atom. The van der Waals surface area contributed by atoms with Gasteiger partial charge < -0.3 is 5.32 Å². The first-order valence-electron chi connectivity index (χ1n) is 4.95. The monoisotopic (exact) mass is 179 g/mol. The minimum atomic E-state index is 0.551. The zero-order valence-corrected chi connectivity index (χ0v) is 9.44. The van der Waals surface area contributed by atoms with Gasteiger partial charge in [0.2, 0.25) is 0 Å². The smallest absolute Gasteiger partial charge is 0.0311 e. The molecule has 74 valence electrons. The van der Waals surface area contributed by atoms with Crippen molar-refractivity contribution >= 4 is 0 Å². The van der Waals surface area contributed by atoms with Crippen molar-refractivity contribution in [2.24, 2.45) is 5.92 Å². The van der Waals surface area contributed by atoms with Crippen LogP contribution in [0, 0.1) is 5.92 Å². The molecule has 0 atom stereocenters. The largest absolute Gasteiger partial charge is 0.359 e. The number of hydrogen-bond donors (Lipinski definition) is 1. The van der Waals surface area contributed by atoms with Gasteiger partial charge in [-0.05, 0) is 30.6 Å². The molecule has 0 spiro atoms. The molecule has 0 aromatic carbocycles. The molecule has 1 rings (SSSR count). The summed E-state index contributed by atoms with van der Waals surface area (Å²) in [5.41, 5.74) is 3.53. The van der Waals surface area contributed by atoms with Crippen LogP contribution in [0.3, 0.4) is 0 Å². The van der Waals surface area contributed by atoms with E-state index in [2.05, 4.69) is 38.7 Å². The quantitative estimate of drug-likeness (QED) is 0.648. The topological polar surface area (TPSA) is 12.0 Å². The summed E-state index contributed by atoms with van der Waals surface area (Å²) in [6.45, 7) is 14.3. The highest BCUT2D eigenvalue weighted by Crippen LogP contribution is 2.16. The van der Waals surface area contributed by atoms with Crippen LogP contribution in [-0.4, -0.2) is 0 Å². The van der Waals surface area contributed by atoms with Crippen molar-refractivity contribution in [3.63, 3.8) is 0 Å². The molecule has 0 fully saturated rings. The minimum Gasteiger partial charge on any atom is -0.359 e. The van der Waals surface area contributed by atoms with E-state index in [9.17, 15) is 0 Å². The second-order valence-electron chi connectivity index (χ2n) is 3.29. The van der Waals surface area contributed by atoms with E-state index in [4.69, 9.17) is 0 Å². The van der Waals surface area contributed by atoms with Crippen LogP contribution in [0.25, 0.3) is 0 Å². The molecule has 0 saturated carbocycles. The number of nitrogens with one attached hydrogen (secondary N) is 1. The third-order valence-electron chi connectivity index (χ3n) is 1.71. The molecule has 0 aliphatic carbocycles.